The maximum absolute atomic E-state index is 12.6. The van der Waals surface area contributed by atoms with Crippen molar-refractivity contribution in [1.29, 1.82) is 0 Å². The average molecular weight is 144 g/mol. The van der Waals surface area contributed by atoms with Crippen molar-refractivity contribution >= 4 is 0 Å². The highest BCUT2D eigenvalue weighted by molar-refractivity contribution is 4.73. The normalized spacial score (nSPS) is 34.8. The van der Waals surface area contributed by atoms with Gasteiger partial charge in [0, 0.05) is 0 Å². The Morgan fingerprint density at radius 1 is 1.10 bits per heavy atom. The molecule has 0 spiro atoms. The van der Waals surface area contributed by atoms with Crippen molar-refractivity contribution in [2.75, 3.05) is 0 Å². The summed E-state index contributed by atoms with van der Waals surface area (Å²) in [5, 5.41) is 0. The topological polar surface area (TPSA) is 0 Å². The van der Waals surface area contributed by atoms with Gasteiger partial charge in [-0.15, -0.1) is 0 Å². The van der Waals surface area contributed by atoms with Crippen molar-refractivity contribution in [3.05, 3.63) is 0 Å². The fourth-order valence-electron chi connectivity index (χ4n) is 1.75. The number of rotatable bonds is 1. The van der Waals surface area contributed by atoms with Gasteiger partial charge in [-0.25, -0.2) is 4.39 Å². The second-order valence-corrected chi connectivity index (χ2v) is 3.76. The molecule has 1 fully saturated rings. The van der Waals surface area contributed by atoms with Crippen LogP contribution in [-0.4, -0.2) is 6.17 Å². The Kier molecular flexibility index (Phi) is 2.70. The van der Waals surface area contributed by atoms with E-state index in [-0.39, 0.29) is 0 Å². The lowest BCUT2D eigenvalue weighted by Gasteiger charge is -2.26. The van der Waals surface area contributed by atoms with Gasteiger partial charge in [0.2, 0.25) is 0 Å². The zero-order chi connectivity index (χ0) is 7.56. The lowest BCUT2D eigenvalue weighted by atomic mass is 9.81. The third kappa shape index (κ3) is 1.96. The van der Waals surface area contributed by atoms with Crippen LogP contribution in [0.15, 0.2) is 0 Å². The summed E-state index contributed by atoms with van der Waals surface area (Å²) in [4.78, 5) is 0. The second kappa shape index (κ2) is 3.36. The predicted molar refractivity (Wildman–Crippen MR) is 41.7 cm³/mol. The Hall–Kier alpha value is -0.0700. The maximum Gasteiger partial charge on any atom is 0.100 e. The molecule has 0 bridgehead atoms. The first-order chi connectivity index (χ1) is 4.70. The summed E-state index contributed by atoms with van der Waals surface area (Å²) >= 11 is 0. The molecule has 1 rings (SSSR count). The highest BCUT2D eigenvalue weighted by atomic mass is 19.1. The third-order valence-corrected chi connectivity index (χ3v) is 2.64. The van der Waals surface area contributed by atoms with Crippen molar-refractivity contribution in [1.82, 2.24) is 0 Å². The van der Waals surface area contributed by atoms with Crippen LogP contribution in [0.4, 0.5) is 4.39 Å². The van der Waals surface area contributed by atoms with Crippen molar-refractivity contribution in [2.24, 2.45) is 11.8 Å². The monoisotopic (exact) mass is 144 g/mol. The van der Waals surface area contributed by atoms with Gasteiger partial charge in [-0.2, -0.15) is 0 Å². The van der Waals surface area contributed by atoms with Gasteiger partial charge in [0.25, 0.3) is 0 Å². The Morgan fingerprint density at radius 2 is 1.60 bits per heavy atom. The van der Waals surface area contributed by atoms with Crippen LogP contribution in [0.2, 0.25) is 0 Å². The lowest BCUT2D eigenvalue weighted by Crippen LogP contribution is -2.18. The molecule has 0 N–H and O–H groups in total. The largest absolute Gasteiger partial charge is 0.247 e. The first-order valence-corrected chi connectivity index (χ1v) is 4.34. The minimum absolute atomic E-state index is 0.491. The highest BCUT2D eigenvalue weighted by Crippen LogP contribution is 2.30. The maximum atomic E-state index is 12.6. The van der Waals surface area contributed by atoms with Crippen LogP contribution in [0.5, 0.6) is 0 Å². The van der Waals surface area contributed by atoms with E-state index >= 15 is 0 Å². The molecule has 0 aromatic rings. The summed E-state index contributed by atoms with van der Waals surface area (Å²) in [5.41, 5.74) is 0. The molecule has 0 heterocycles. The van der Waals surface area contributed by atoms with Gasteiger partial charge in [0.1, 0.15) is 6.17 Å². The van der Waals surface area contributed by atoms with E-state index in [1.54, 1.807) is 0 Å². The van der Waals surface area contributed by atoms with E-state index in [1.807, 2.05) is 0 Å². The number of hydrogen-bond donors (Lipinski definition) is 0. The molecular formula is C9H17F. The van der Waals surface area contributed by atoms with Gasteiger partial charge in [0.15, 0.2) is 0 Å². The standard InChI is InChI=1S/C9H17F/c1-7(2)8-3-5-9(10)6-4-8/h7-9H,3-6H2,1-2H3. The van der Waals surface area contributed by atoms with Gasteiger partial charge in [-0.05, 0) is 37.5 Å². The van der Waals surface area contributed by atoms with E-state index in [0.717, 1.165) is 37.5 Å². The molecule has 0 atom stereocenters. The molecule has 0 unspecified atom stereocenters. The van der Waals surface area contributed by atoms with Gasteiger partial charge >= 0.3 is 0 Å². The molecule has 0 amide bonds. The molecule has 1 saturated carbocycles. The highest BCUT2D eigenvalue weighted by Gasteiger charge is 2.22. The lowest BCUT2D eigenvalue weighted by molar-refractivity contribution is 0.178. The minimum Gasteiger partial charge on any atom is -0.247 e. The molecule has 10 heavy (non-hydrogen) atoms. The Labute approximate surface area is 62.8 Å². The van der Waals surface area contributed by atoms with E-state index < -0.39 is 6.17 Å². The zero-order valence-corrected chi connectivity index (χ0v) is 6.94. The molecule has 0 aromatic heterocycles. The second-order valence-electron chi connectivity index (χ2n) is 3.76. The predicted octanol–water partition coefficient (Wildman–Crippen LogP) is 3.17. The Morgan fingerprint density at radius 3 is 2.00 bits per heavy atom. The van der Waals surface area contributed by atoms with Crippen LogP contribution in [0, 0.1) is 11.8 Å². The first-order valence-electron chi connectivity index (χ1n) is 4.34. The van der Waals surface area contributed by atoms with Gasteiger partial charge in [0.05, 0.1) is 0 Å². The summed E-state index contributed by atoms with van der Waals surface area (Å²) in [5.74, 6) is 1.56. The first kappa shape index (κ1) is 8.03. The van der Waals surface area contributed by atoms with Crippen LogP contribution < -0.4 is 0 Å². The quantitative estimate of drug-likeness (QED) is 0.530. The van der Waals surface area contributed by atoms with Gasteiger partial charge in [-0.1, -0.05) is 13.8 Å². The SMILES string of the molecule is CC(C)C1CCC(F)CC1. The van der Waals surface area contributed by atoms with E-state index in [2.05, 4.69) is 13.8 Å². The van der Waals surface area contributed by atoms with Crippen LogP contribution in [-0.2, 0) is 0 Å². The average Bonchev–Trinajstić information content (AvgIpc) is 1.88. The molecule has 0 aromatic carbocycles. The third-order valence-electron chi connectivity index (χ3n) is 2.64. The summed E-state index contributed by atoms with van der Waals surface area (Å²) in [6.45, 7) is 4.48. The van der Waals surface area contributed by atoms with Gasteiger partial charge in [-0.3, -0.25) is 0 Å². The van der Waals surface area contributed by atoms with E-state index in [1.165, 1.54) is 0 Å². The molecule has 1 aliphatic rings. The molecule has 0 saturated heterocycles. The summed E-state index contributed by atoms with van der Waals surface area (Å²) in [6.07, 6.45) is 3.35. The molecular weight excluding hydrogens is 127 g/mol. The van der Waals surface area contributed by atoms with Crippen LogP contribution >= 0.6 is 0 Å². The van der Waals surface area contributed by atoms with Gasteiger partial charge < -0.3 is 0 Å². The molecule has 1 aliphatic carbocycles. The van der Waals surface area contributed by atoms with Crippen LogP contribution in [0.1, 0.15) is 39.5 Å². The molecule has 0 nitrogen and oxygen atoms in total. The zero-order valence-electron chi connectivity index (χ0n) is 6.94. The fraction of sp³-hybridized carbons (Fsp3) is 1.00. The summed E-state index contributed by atoms with van der Waals surface area (Å²) in [6, 6.07) is 0. The van der Waals surface area contributed by atoms with Crippen molar-refractivity contribution < 1.29 is 4.39 Å². The van der Waals surface area contributed by atoms with Crippen LogP contribution in [0.3, 0.4) is 0 Å². The minimum atomic E-state index is -0.491. The van der Waals surface area contributed by atoms with E-state index in [0.29, 0.717) is 0 Å². The Balaban J connectivity index is 2.26. The number of hydrogen-bond acceptors (Lipinski definition) is 0. The molecule has 1 heteroatoms. The van der Waals surface area contributed by atoms with Crippen molar-refractivity contribution in [3.8, 4) is 0 Å². The molecule has 60 valence electrons. The number of halogens is 1. The summed E-state index contributed by atoms with van der Waals surface area (Å²) in [7, 11) is 0. The molecule has 0 radical (unpaired) electrons. The smallest absolute Gasteiger partial charge is 0.100 e. The molecule has 0 aliphatic heterocycles. The summed E-state index contributed by atoms with van der Waals surface area (Å²) < 4.78 is 12.6. The Bertz CT molecular complexity index is 90.9. The van der Waals surface area contributed by atoms with Crippen molar-refractivity contribution in [2.45, 2.75) is 45.7 Å². The number of alkyl halides is 1. The van der Waals surface area contributed by atoms with Crippen molar-refractivity contribution in [3.63, 3.8) is 0 Å². The van der Waals surface area contributed by atoms with Crippen LogP contribution in [0.25, 0.3) is 0 Å². The van der Waals surface area contributed by atoms with E-state index in [4.69, 9.17) is 0 Å². The fourth-order valence-corrected chi connectivity index (χ4v) is 1.75. The van der Waals surface area contributed by atoms with E-state index in [9.17, 15) is 4.39 Å².